The molecule has 0 radical (unpaired) electrons. The SMILES string of the molecule is O=C(NCc1cnn(-c2ccccc2)c1)c1ccc(COc2ccccc2)cc1. The van der Waals surface area contributed by atoms with Crippen molar-refractivity contribution in [3.8, 4) is 11.4 Å². The summed E-state index contributed by atoms with van der Waals surface area (Å²) in [6.45, 7) is 0.884. The molecule has 0 aliphatic carbocycles. The molecule has 0 aliphatic heterocycles. The van der Waals surface area contributed by atoms with Crippen LogP contribution in [-0.2, 0) is 13.2 Å². The molecule has 3 aromatic carbocycles. The van der Waals surface area contributed by atoms with Crippen molar-refractivity contribution in [2.24, 2.45) is 0 Å². The standard InChI is InChI=1S/C24H21N3O2/c28-24(25-15-20-16-26-27(17-20)22-7-3-1-4-8-22)21-13-11-19(12-14-21)18-29-23-9-5-2-6-10-23/h1-14,16-17H,15,18H2,(H,25,28). The van der Waals surface area contributed by atoms with Gasteiger partial charge in [0.1, 0.15) is 12.4 Å². The van der Waals surface area contributed by atoms with Crippen molar-refractivity contribution in [2.45, 2.75) is 13.2 Å². The Bertz CT molecular complexity index is 1060. The summed E-state index contributed by atoms with van der Waals surface area (Å²) < 4.78 is 7.52. The first kappa shape index (κ1) is 18.5. The fourth-order valence-corrected chi connectivity index (χ4v) is 2.89. The third-order valence-electron chi connectivity index (χ3n) is 4.47. The van der Waals surface area contributed by atoms with Crippen molar-refractivity contribution in [3.05, 3.63) is 114 Å². The smallest absolute Gasteiger partial charge is 0.251 e. The minimum atomic E-state index is -0.118. The number of nitrogens with one attached hydrogen (secondary N) is 1. The maximum Gasteiger partial charge on any atom is 0.251 e. The number of ether oxygens (including phenoxy) is 1. The van der Waals surface area contributed by atoms with Crippen molar-refractivity contribution in [2.75, 3.05) is 0 Å². The second kappa shape index (κ2) is 8.89. The maximum absolute atomic E-state index is 12.4. The van der Waals surface area contributed by atoms with Gasteiger partial charge >= 0.3 is 0 Å². The Morgan fingerprint density at radius 2 is 1.55 bits per heavy atom. The molecule has 0 unspecified atom stereocenters. The molecule has 0 bridgehead atoms. The molecular weight excluding hydrogens is 362 g/mol. The van der Waals surface area contributed by atoms with Crippen molar-refractivity contribution in [1.29, 1.82) is 0 Å². The Kier molecular flexibility index (Phi) is 5.67. The summed E-state index contributed by atoms with van der Waals surface area (Å²) >= 11 is 0. The normalized spacial score (nSPS) is 10.5. The first-order valence-corrected chi connectivity index (χ1v) is 9.42. The van der Waals surface area contributed by atoms with Gasteiger partial charge in [0.2, 0.25) is 0 Å². The van der Waals surface area contributed by atoms with E-state index in [1.54, 1.807) is 10.9 Å². The van der Waals surface area contributed by atoms with E-state index in [2.05, 4.69) is 10.4 Å². The van der Waals surface area contributed by atoms with Gasteiger partial charge in [-0.1, -0.05) is 48.5 Å². The molecule has 0 spiro atoms. The van der Waals surface area contributed by atoms with E-state index < -0.39 is 0 Å². The van der Waals surface area contributed by atoms with Crippen molar-refractivity contribution < 1.29 is 9.53 Å². The highest BCUT2D eigenvalue weighted by Gasteiger charge is 2.07. The number of amides is 1. The lowest BCUT2D eigenvalue weighted by Gasteiger charge is -2.07. The molecule has 5 nitrogen and oxygen atoms in total. The summed E-state index contributed by atoms with van der Waals surface area (Å²) in [7, 11) is 0. The molecule has 29 heavy (non-hydrogen) atoms. The average Bonchev–Trinajstić information content (AvgIpc) is 3.27. The molecule has 0 atom stereocenters. The molecule has 0 saturated carbocycles. The van der Waals surface area contributed by atoms with Gasteiger partial charge in [-0.05, 0) is 42.0 Å². The number of carbonyl (C=O) groups is 1. The van der Waals surface area contributed by atoms with E-state index in [0.717, 1.165) is 22.6 Å². The number of hydrogen-bond donors (Lipinski definition) is 1. The van der Waals surface area contributed by atoms with E-state index in [-0.39, 0.29) is 5.91 Å². The summed E-state index contributed by atoms with van der Waals surface area (Å²) in [5.41, 5.74) is 3.55. The van der Waals surface area contributed by atoms with E-state index >= 15 is 0 Å². The highest BCUT2D eigenvalue weighted by atomic mass is 16.5. The molecule has 144 valence electrons. The second-order valence-corrected chi connectivity index (χ2v) is 6.61. The molecule has 1 heterocycles. The lowest BCUT2D eigenvalue weighted by atomic mass is 10.1. The summed E-state index contributed by atoms with van der Waals surface area (Å²) in [4.78, 5) is 12.4. The Morgan fingerprint density at radius 1 is 0.862 bits per heavy atom. The van der Waals surface area contributed by atoms with E-state index in [1.165, 1.54) is 0 Å². The highest BCUT2D eigenvalue weighted by Crippen LogP contribution is 2.13. The molecule has 1 N–H and O–H groups in total. The Morgan fingerprint density at radius 3 is 2.28 bits per heavy atom. The average molecular weight is 383 g/mol. The fourth-order valence-electron chi connectivity index (χ4n) is 2.89. The summed E-state index contributed by atoms with van der Waals surface area (Å²) in [5.74, 6) is 0.707. The molecular formula is C24H21N3O2. The molecule has 1 aromatic heterocycles. The van der Waals surface area contributed by atoms with E-state index in [1.807, 2.05) is 91.1 Å². The van der Waals surface area contributed by atoms with Gasteiger partial charge in [-0.2, -0.15) is 5.10 Å². The van der Waals surface area contributed by atoms with Crippen LogP contribution in [0.4, 0.5) is 0 Å². The first-order chi connectivity index (χ1) is 14.3. The number of hydrogen-bond acceptors (Lipinski definition) is 3. The van der Waals surface area contributed by atoms with Crippen LogP contribution >= 0.6 is 0 Å². The molecule has 4 rings (SSSR count). The van der Waals surface area contributed by atoms with Crippen molar-refractivity contribution >= 4 is 5.91 Å². The predicted octanol–water partition coefficient (Wildman–Crippen LogP) is 4.38. The predicted molar refractivity (Wildman–Crippen MR) is 112 cm³/mol. The van der Waals surface area contributed by atoms with Crippen LogP contribution in [0.1, 0.15) is 21.5 Å². The van der Waals surface area contributed by atoms with Crippen LogP contribution in [0.3, 0.4) is 0 Å². The number of carbonyl (C=O) groups excluding carboxylic acids is 1. The topological polar surface area (TPSA) is 56.2 Å². The zero-order valence-corrected chi connectivity index (χ0v) is 15.9. The van der Waals surface area contributed by atoms with Gasteiger partial charge in [0.05, 0.1) is 11.9 Å². The maximum atomic E-state index is 12.4. The minimum Gasteiger partial charge on any atom is -0.489 e. The fraction of sp³-hybridized carbons (Fsp3) is 0.0833. The highest BCUT2D eigenvalue weighted by molar-refractivity contribution is 5.94. The van der Waals surface area contributed by atoms with Gasteiger partial charge < -0.3 is 10.1 Å². The van der Waals surface area contributed by atoms with Crippen LogP contribution in [0.2, 0.25) is 0 Å². The molecule has 0 saturated heterocycles. The van der Waals surface area contributed by atoms with Gasteiger partial charge in [-0.25, -0.2) is 4.68 Å². The van der Waals surface area contributed by atoms with Gasteiger partial charge in [0.25, 0.3) is 5.91 Å². The number of para-hydroxylation sites is 2. The minimum absolute atomic E-state index is 0.118. The van der Waals surface area contributed by atoms with Gasteiger partial charge in [-0.15, -0.1) is 0 Å². The molecule has 5 heteroatoms. The van der Waals surface area contributed by atoms with Crippen LogP contribution in [0, 0.1) is 0 Å². The van der Waals surface area contributed by atoms with E-state index in [9.17, 15) is 4.79 Å². The van der Waals surface area contributed by atoms with Gasteiger partial charge in [-0.3, -0.25) is 4.79 Å². The summed E-state index contributed by atoms with van der Waals surface area (Å²) in [6, 6.07) is 27.0. The zero-order chi connectivity index (χ0) is 19.9. The number of benzene rings is 3. The van der Waals surface area contributed by atoms with Crippen LogP contribution < -0.4 is 10.1 Å². The molecule has 4 aromatic rings. The molecule has 1 amide bonds. The summed E-state index contributed by atoms with van der Waals surface area (Å²) in [6.07, 6.45) is 3.68. The Labute approximate surface area is 169 Å². The number of aromatic nitrogens is 2. The third-order valence-corrected chi connectivity index (χ3v) is 4.47. The quantitative estimate of drug-likeness (QED) is 0.515. The van der Waals surface area contributed by atoms with Crippen molar-refractivity contribution in [1.82, 2.24) is 15.1 Å². The number of rotatable bonds is 7. The monoisotopic (exact) mass is 383 g/mol. The third kappa shape index (κ3) is 4.90. The van der Waals surface area contributed by atoms with E-state index in [0.29, 0.717) is 18.7 Å². The molecule has 0 aliphatic rings. The van der Waals surface area contributed by atoms with Gasteiger partial charge in [0, 0.05) is 23.9 Å². The van der Waals surface area contributed by atoms with Crippen molar-refractivity contribution in [3.63, 3.8) is 0 Å². The lowest BCUT2D eigenvalue weighted by molar-refractivity contribution is 0.0951. The zero-order valence-electron chi connectivity index (χ0n) is 15.9. The van der Waals surface area contributed by atoms with Crippen LogP contribution in [0.15, 0.2) is 97.3 Å². The van der Waals surface area contributed by atoms with Crippen LogP contribution in [-0.4, -0.2) is 15.7 Å². The van der Waals surface area contributed by atoms with Gasteiger partial charge in [0.15, 0.2) is 0 Å². The van der Waals surface area contributed by atoms with Crippen LogP contribution in [0.25, 0.3) is 5.69 Å². The largest absolute Gasteiger partial charge is 0.489 e. The first-order valence-electron chi connectivity index (χ1n) is 9.42. The molecule has 0 fully saturated rings. The van der Waals surface area contributed by atoms with E-state index in [4.69, 9.17) is 4.74 Å². The second-order valence-electron chi connectivity index (χ2n) is 6.61. The van der Waals surface area contributed by atoms with Crippen LogP contribution in [0.5, 0.6) is 5.75 Å². The number of nitrogens with zero attached hydrogens (tertiary/aromatic N) is 2. The lowest BCUT2D eigenvalue weighted by Crippen LogP contribution is -2.22. The Hall–Kier alpha value is -3.86. The Balaban J connectivity index is 1.30. The summed E-state index contributed by atoms with van der Waals surface area (Å²) in [5, 5.41) is 7.28.